The maximum atomic E-state index is 12.7. The van der Waals surface area contributed by atoms with Crippen molar-refractivity contribution in [2.24, 2.45) is 5.92 Å². The molecule has 0 radical (unpaired) electrons. The van der Waals surface area contributed by atoms with E-state index in [0.29, 0.717) is 21.8 Å². The molecule has 2 aromatic rings. The molecule has 8 heteroatoms. The number of halogens is 2. The number of aromatic nitrogens is 3. The lowest BCUT2D eigenvalue weighted by molar-refractivity contribution is -0.129. The highest BCUT2D eigenvalue weighted by Gasteiger charge is 2.27. The molecule has 1 saturated heterocycles. The van der Waals surface area contributed by atoms with E-state index in [9.17, 15) is 4.79 Å². The topological polar surface area (TPSA) is 51.0 Å². The Labute approximate surface area is 174 Å². The third-order valence-electron chi connectivity index (χ3n) is 4.48. The van der Waals surface area contributed by atoms with Crippen LogP contribution in [-0.4, -0.2) is 43.9 Å². The molecule has 1 fully saturated rings. The van der Waals surface area contributed by atoms with E-state index in [-0.39, 0.29) is 11.2 Å². The lowest BCUT2D eigenvalue weighted by atomic mass is 10.2. The molecular weight excluding hydrogens is 403 g/mol. The highest BCUT2D eigenvalue weighted by molar-refractivity contribution is 8.00. The largest absolute Gasteiger partial charge is 0.342 e. The fourth-order valence-electron chi connectivity index (χ4n) is 3.18. The van der Waals surface area contributed by atoms with Crippen molar-refractivity contribution in [2.45, 2.75) is 50.6 Å². The Balaban J connectivity index is 1.89. The molecular formula is C19H24Cl2N4OS. The minimum Gasteiger partial charge on any atom is -0.342 e. The Bertz CT molecular complexity index is 818. The second-order valence-corrected chi connectivity index (χ2v) is 9.38. The van der Waals surface area contributed by atoms with Crippen molar-refractivity contribution in [3.05, 3.63) is 28.2 Å². The Morgan fingerprint density at radius 2 is 1.89 bits per heavy atom. The summed E-state index contributed by atoms with van der Waals surface area (Å²) in [6, 6.07) is 5.36. The molecule has 5 nitrogen and oxygen atoms in total. The van der Waals surface area contributed by atoms with Gasteiger partial charge in [0.25, 0.3) is 0 Å². The number of amides is 1. The molecule has 1 amide bonds. The summed E-state index contributed by atoms with van der Waals surface area (Å²) in [4.78, 5) is 14.6. The lowest BCUT2D eigenvalue weighted by Gasteiger charge is -2.20. The van der Waals surface area contributed by atoms with Crippen LogP contribution >= 0.6 is 35.0 Å². The predicted octanol–water partition coefficient (Wildman–Crippen LogP) is 5.01. The summed E-state index contributed by atoms with van der Waals surface area (Å²) in [6.07, 6.45) is 2.18. The van der Waals surface area contributed by atoms with Crippen molar-refractivity contribution in [2.75, 3.05) is 13.1 Å². The number of nitrogens with zero attached hydrogens (tertiary/aromatic N) is 4. The van der Waals surface area contributed by atoms with Crippen LogP contribution in [0.25, 0.3) is 11.4 Å². The molecule has 3 rings (SSSR count). The van der Waals surface area contributed by atoms with Gasteiger partial charge >= 0.3 is 0 Å². The van der Waals surface area contributed by atoms with Crippen LogP contribution in [0.3, 0.4) is 0 Å². The van der Waals surface area contributed by atoms with Gasteiger partial charge in [0.2, 0.25) is 5.91 Å². The van der Waals surface area contributed by atoms with E-state index < -0.39 is 0 Å². The minimum atomic E-state index is -0.202. The van der Waals surface area contributed by atoms with Crippen LogP contribution in [0.2, 0.25) is 10.0 Å². The zero-order valence-corrected chi connectivity index (χ0v) is 18.1. The average molecular weight is 427 g/mol. The van der Waals surface area contributed by atoms with Crippen molar-refractivity contribution in [3.8, 4) is 11.4 Å². The maximum Gasteiger partial charge on any atom is 0.235 e. The second kappa shape index (κ2) is 8.84. The van der Waals surface area contributed by atoms with Crippen LogP contribution in [0, 0.1) is 5.92 Å². The fraction of sp³-hybridized carbons (Fsp3) is 0.526. The summed E-state index contributed by atoms with van der Waals surface area (Å²) in [5.41, 5.74) is 0.791. The first-order valence-corrected chi connectivity index (χ1v) is 10.8. The van der Waals surface area contributed by atoms with Gasteiger partial charge in [-0.1, -0.05) is 48.8 Å². The first-order valence-electron chi connectivity index (χ1n) is 9.21. The van der Waals surface area contributed by atoms with Gasteiger partial charge in [0.15, 0.2) is 11.0 Å². The van der Waals surface area contributed by atoms with E-state index in [0.717, 1.165) is 43.2 Å². The van der Waals surface area contributed by atoms with Crippen molar-refractivity contribution < 1.29 is 4.79 Å². The average Bonchev–Trinajstić information content (AvgIpc) is 3.25. The number of carbonyl (C=O) groups excluding carboxylic acids is 1. The van der Waals surface area contributed by atoms with E-state index >= 15 is 0 Å². The molecule has 0 bridgehead atoms. The van der Waals surface area contributed by atoms with Crippen molar-refractivity contribution in [1.82, 2.24) is 19.7 Å². The van der Waals surface area contributed by atoms with Crippen LogP contribution < -0.4 is 0 Å². The minimum absolute atomic E-state index is 0.169. The molecule has 0 spiro atoms. The number of thioether (sulfide) groups is 1. The molecule has 1 aromatic heterocycles. The molecule has 0 aliphatic carbocycles. The predicted molar refractivity (Wildman–Crippen MR) is 111 cm³/mol. The molecule has 1 aliphatic heterocycles. The van der Waals surface area contributed by atoms with E-state index in [1.807, 2.05) is 17.9 Å². The number of carbonyl (C=O) groups is 1. The van der Waals surface area contributed by atoms with Gasteiger partial charge in [-0.05, 0) is 43.9 Å². The molecule has 1 aromatic carbocycles. The van der Waals surface area contributed by atoms with Crippen LogP contribution in [0.1, 0.15) is 33.6 Å². The molecule has 0 saturated carbocycles. The van der Waals surface area contributed by atoms with Crippen molar-refractivity contribution >= 4 is 40.9 Å². The van der Waals surface area contributed by atoms with Gasteiger partial charge in [-0.15, -0.1) is 10.2 Å². The Hall–Kier alpha value is -1.24. The highest BCUT2D eigenvalue weighted by Crippen LogP contribution is 2.33. The smallest absolute Gasteiger partial charge is 0.235 e. The zero-order valence-electron chi connectivity index (χ0n) is 15.8. The van der Waals surface area contributed by atoms with Crippen LogP contribution in [0.15, 0.2) is 23.4 Å². The van der Waals surface area contributed by atoms with E-state index in [1.165, 1.54) is 11.8 Å². The maximum absolute atomic E-state index is 12.7. The van der Waals surface area contributed by atoms with Gasteiger partial charge in [0, 0.05) is 30.2 Å². The van der Waals surface area contributed by atoms with Gasteiger partial charge < -0.3 is 9.47 Å². The van der Waals surface area contributed by atoms with Gasteiger partial charge in [-0.3, -0.25) is 4.79 Å². The molecule has 146 valence electrons. The van der Waals surface area contributed by atoms with Gasteiger partial charge in [-0.25, -0.2) is 0 Å². The summed E-state index contributed by atoms with van der Waals surface area (Å²) < 4.78 is 2.05. The Morgan fingerprint density at radius 1 is 1.19 bits per heavy atom. The SMILES string of the molecule is CC(C)Cn1c(SC(C)C(=O)N2CCCC2)nnc1-c1ccc(Cl)cc1Cl. The summed E-state index contributed by atoms with van der Waals surface area (Å²) in [6.45, 7) is 8.67. The first kappa shape index (κ1) is 20.5. The molecule has 2 heterocycles. The van der Waals surface area contributed by atoms with E-state index in [4.69, 9.17) is 23.2 Å². The third-order valence-corrected chi connectivity index (χ3v) is 6.10. The number of rotatable bonds is 6. The number of hydrogen-bond donors (Lipinski definition) is 0. The lowest BCUT2D eigenvalue weighted by Crippen LogP contribution is -2.34. The van der Waals surface area contributed by atoms with Gasteiger partial charge in [-0.2, -0.15) is 0 Å². The van der Waals surface area contributed by atoms with Crippen LogP contribution in [0.5, 0.6) is 0 Å². The summed E-state index contributed by atoms with van der Waals surface area (Å²) in [5, 5.41) is 10.4. The van der Waals surface area contributed by atoms with Gasteiger partial charge in [0.05, 0.1) is 10.3 Å². The first-order chi connectivity index (χ1) is 12.9. The normalized spacial score (nSPS) is 15.6. The molecule has 1 atom stereocenters. The van der Waals surface area contributed by atoms with E-state index in [1.54, 1.807) is 12.1 Å². The van der Waals surface area contributed by atoms with Gasteiger partial charge in [0.1, 0.15) is 0 Å². The monoisotopic (exact) mass is 426 g/mol. The molecule has 27 heavy (non-hydrogen) atoms. The summed E-state index contributed by atoms with van der Waals surface area (Å²) in [7, 11) is 0. The number of hydrogen-bond acceptors (Lipinski definition) is 4. The van der Waals surface area contributed by atoms with E-state index in [2.05, 4.69) is 28.6 Å². The number of likely N-dealkylation sites (tertiary alicyclic amines) is 1. The third kappa shape index (κ3) is 4.79. The zero-order chi connectivity index (χ0) is 19.6. The number of benzene rings is 1. The molecule has 1 aliphatic rings. The summed E-state index contributed by atoms with van der Waals surface area (Å²) >= 11 is 13.9. The van der Waals surface area contributed by atoms with Crippen molar-refractivity contribution in [3.63, 3.8) is 0 Å². The van der Waals surface area contributed by atoms with Crippen LogP contribution in [0.4, 0.5) is 0 Å². The quantitative estimate of drug-likeness (QED) is 0.608. The Kier molecular flexibility index (Phi) is 6.71. The second-order valence-electron chi connectivity index (χ2n) is 7.23. The standard InChI is InChI=1S/C19H24Cl2N4OS/c1-12(2)11-25-17(15-7-6-14(20)10-16(15)21)22-23-19(25)27-13(3)18(26)24-8-4-5-9-24/h6-7,10,12-13H,4-5,8-9,11H2,1-3H3. The highest BCUT2D eigenvalue weighted by atomic mass is 35.5. The van der Waals surface area contributed by atoms with Crippen LogP contribution in [-0.2, 0) is 11.3 Å². The molecule has 0 N–H and O–H groups in total. The fourth-order valence-corrected chi connectivity index (χ4v) is 4.61. The van der Waals surface area contributed by atoms with Crippen molar-refractivity contribution in [1.29, 1.82) is 0 Å². The Morgan fingerprint density at radius 3 is 2.52 bits per heavy atom. The molecule has 1 unspecified atom stereocenters. The summed E-state index contributed by atoms with van der Waals surface area (Å²) in [5.74, 6) is 1.27.